The van der Waals surface area contributed by atoms with E-state index in [9.17, 15) is 14.4 Å². The van der Waals surface area contributed by atoms with E-state index < -0.39 is 12.0 Å². The van der Waals surface area contributed by atoms with Crippen LogP contribution >= 0.6 is 0 Å². The Morgan fingerprint density at radius 2 is 1.61 bits per heavy atom. The van der Waals surface area contributed by atoms with E-state index >= 15 is 0 Å². The van der Waals surface area contributed by atoms with Gasteiger partial charge in [0, 0.05) is 12.5 Å². The van der Waals surface area contributed by atoms with Crippen molar-refractivity contribution in [2.45, 2.75) is 51.5 Å². The Hall–Kier alpha value is -1.59. The molecule has 1 atom stereocenters. The highest BCUT2D eigenvalue weighted by molar-refractivity contribution is 5.89. The van der Waals surface area contributed by atoms with E-state index in [0.717, 1.165) is 19.3 Å². The van der Waals surface area contributed by atoms with Gasteiger partial charge in [-0.3, -0.25) is 9.59 Å². The molecular formula is C17H26N2O4. The number of carbonyl (C=O) groups is 3. The molecule has 0 radical (unpaired) electrons. The van der Waals surface area contributed by atoms with Gasteiger partial charge in [-0.2, -0.15) is 0 Å². The monoisotopic (exact) mass is 322 g/mol. The van der Waals surface area contributed by atoms with Gasteiger partial charge in [0.1, 0.15) is 6.04 Å². The largest absolute Gasteiger partial charge is 0.454 e. The molecule has 2 amide bonds. The van der Waals surface area contributed by atoms with Crippen molar-refractivity contribution in [2.75, 3.05) is 13.7 Å². The number of hydrogen-bond donors (Lipinski definition) is 2. The van der Waals surface area contributed by atoms with Crippen LogP contribution in [0.2, 0.25) is 0 Å². The lowest BCUT2D eigenvalue weighted by molar-refractivity contribution is -0.155. The summed E-state index contributed by atoms with van der Waals surface area (Å²) in [5, 5.41) is 5.22. The summed E-state index contributed by atoms with van der Waals surface area (Å²) in [6.45, 7) is 1.30. The molecule has 4 rings (SSSR count). The fraction of sp³-hybridized carbons (Fsp3) is 0.824. The molecular weight excluding hydrogens is 296 g/mol. The molecule has 0 aliphatic heterocycles. The van der Waals surface area contributed by atoms with Crippen molar-refractivity contribution in [3.8, 4) is 0 Å². The fourth-order valence-electron chi connectivity index (χ4n) is 5.13. The van der Waals surface area contributed by atoms with E-state index in [1.165, 1.54) is 26.3 Å². The van der Waals surface area contributed by atoms with Gasteiger partial charge in [0.15, 0.2) is 6.61 Å². The van der Waals surface area contributed by atoms with Crippen LogP contribution in [0.15, 0.2) is 0 Å². The van der Waals surface area contributed by atoms with Gasteiger partial charge < -0.3 is 15.4 Å². The Balaban J connectivity index is 1.56. The molecule has 4 bridgehead atoms. The van der Waals surface area contributed by atoms with Crippen molar-refractivity contribution in [3.05, 3.63) is 0 Å². The third kappa shape index (κ3) is 3.21. The van der Waals surface area contributed by atoms with Crippen LogP contribution in [0.1, 0.15) is 45.4 Å². The van der Waals surface area contributed by atoms with E-state index in [1.54, 1.807) is 6.92 Å². The minimum atomic E-state index is -0.722. The highest BCUT2D eigenvalue weighted by Crippen LogP contribution is 2.60. The molecule has 4 saturated carbocycles. The van der Waals surface area contributed by atoms with Gasteiger partial charge >= 0.3 is 5.97 Å². The van der Waals surface area contributed by atoms with E-state index in [4.69, 9.17) is 4.74 Å². The molecule has 128 valence electrons. The molecule has 23 heavy (non-hydrogen) atoms. The van der Waals surface area contributed by atoms with Crippen LogP contribution in [-0.4, -0.2) is 37.5 Å². The minimum Gasteiger partial charge on any atom is -0.454 e. The van der Waals surface area contributed by atoms with Crippen LogP contribution in [-0.2, 0) is 19.1 Å². The van der Waals surface area contributed by atoms with Gasteiger partial charge in [-0.05, 0) is 63.2 Å². The van der Waals surface area contributed by atoms with Crippen LogP contribution in [0.25, 0.3) is 0 Å². The van der Waals surface area contributed by atoms with Crippen molar-refractivity contribution in [1.29, 1.82) is 0 Å². The summed E-state index contributed by atoms with van der Waals surface area (Å²) >= 11 is 0. The molecule has 4 fully saturated rings. The number of rotatable bonds is 5. The van der Waals surface area contributed by atoms with Gasteiger partial charge in [-0.1, -0.05) is 0 Å². The van der Waals surface area contributed by atoms with E-state index in [-0.39, 0.29) is 23.8 Å². The second kappa shape index (κ2) is 6.13. The minimum absolute atomic E-state index is 0.000919. The smallest absolute Gasteiger partial charge is 0.328 e. The van der Waals surface area contributed by atoms with Crippen molar-refractivity contribution >= 4 is 17.8 Å². The summed E-state index contributed by atoms with van der Waals surface area (Å²) in [6.07, 6.45) is 6.71. The zero-order valence-corrected chi connectivity index (χ0v) is 13.9. The first-order chi connectivity index (χ1) is 10.9. The average Bonchev–Trinajstić information content (AvgIpc) is 2.50. The van der Waals surface area contributed by atoms with Crippen LogP contribution < -0.4 is 10.6 Å². The lowest BCUT2D eigenvalue weighted by atomic mass is 9.49. The van der Waals surface area contributed by atoms with E-state index in [2.05, 4.69) is 10.6 Å². The molecule has 0 aromatic rings. The fourth-order valence-corrected chi connectivity index (χ4v) is 5.13. The van der Waals surface area contributed by atoms with Crippen LogP contribution in [0.5, 0.6) is 0 Å². The highest BCUT2D eigenvalue weighted by atomic mass is 16.5. The molecule has 0 unspecified atom stereocenters. The lowest BCUT2D eigenvalue weighted by Crippen LogP contribution is -2.56. The first-order valence-electron chi connectivity index (χ1n) is 8.60. The zero-order chi connectivity index (χ0) is 16.6. The molecule has 0 spiro atoms. The van der Waals surface area contributed by atoms with Crippen molar-refractivity contribution < 1.29 is 19.1 Å². The van der Waals surface area contributed by atoms with Crippen molar-refractivity contribution in [3.63, 3.8) is 0 Å². The molecule has 2 N–H and O–H groups in total. The quantitative estimate of drug-likeness (QED) is 0.740. The molecule has 0 heterocycles. The number of esters is 1. The summed E-state index contributed by atoms with van der Waals surface area (Å²) < 4.78 is 4.91. The summed E-state index contributed by atoms with van der Waals surface area (Å²) in [5.74, 6) is 1.12. The third-order valence-electron chi connectivity index (χ3n) is 5.85. The predicted octanol–water partition coefficient (Wildman–Crippen LogP) is 0.997. The SMILES string of the molecule is CNC(=O)COC(=O)[C@H](C)NC(=O)C12CC3CC(CC(C3)C1)C2. The van der Waals surface area contributed by atoms with Gasteiger partial charge in [0.05, 0.1) is 0 Å². The first kappa shape index (κ1) is 16.3. The first-order valence-corrected chi connectivity index (χ1v) is 8.60. The Bertz CT molecular complexity index is 481. The molecule has 4 aliphatic carbocycles. The van der Waals surface area contributed by atoms with Crippen LogP contribution in [0, 0.1) is 23.2 Å². The molecule has 0 saturated heterocycles. The van der Waals surface area contributed by atoms with Gasteiger partial charge in [-0.15, -0.1) is 0 Å². The standard InChI is InChI=1S/C17H26N2O4/c1-10(15(21)23-9-14(20)18-2)19-16(22)17-6-11-3-12(7-17)5-13(4-11)8-17/h10-13H,3-9H2,1-2H3,(H,18,20)(H,19,22)/t10-,11?,12?,13?,17?/m0/s1. The van der Waals surface area contributed by atoms with Crippen molar-refractivity contribution in [2.24, 2.45) is 23.2 Å². The maximum absolute atomic E-state index is 12.8. The normalized spacial score (nSPS) is 35.5. The number of hydrogen-bond acceptors (Lipinski definition) is 4. The number of carbonyl (C=O) groups excluding carboxylic acids is 3. The Morgan fingerprint density at radius 3 is 2.09 bits per heavy atom. The van der Waals surface area contributed by atoms with Gasteiger partial charge in [0.25, 0.3) is 5.91 Å². The highest BCUT2D eigenvalue weighted by Gasteiger charge is 2.54. The summed E-state index contributed by atoms with van der Waals surface area (Å²) in [5.41, 5.74) is -0.274. The number of ether oxygens (including phenoxy) is 1. The third-order valence-corrected chi connectivity index (χ3v) is 5.85. The van der Waals surface area contributed by atoms with Gasteiger partial charge in [0.2, 0.25) is 5.91 Å². The topological polar surface area (TPSA) is 84.5 Å². The van der Waals surface area contributed by atoms with E-state index in [0.29, 0.717) is 17.8 Å². The number of amides is 2. The van der Waals surface area contributed by atoms with Gasteiger partial charge in [-0.25, -0.2) is 4.79 Å². The summed E-state index contributed by atoms with van der Waals surface area (Å²) in [4.78, 5) is 35.8. The molecule has 0 aromatic heterocycles. The summed E-state index contributed by atoms with van der Waals surface area (Å²) in [7, 11) is 1.48. The molecule has 6 heteroatoms. The Labute approximate surface area is 136 Å². The van der Waals surface area contributed by atoms with E-state index in [1.807, 2.05) is 0 Å². The second-order valence-corrected chi connectivity index (χ2v) is 7.67. The second-order valence-electron chi connectivity index (χ2n) is 7.67. The molecule has 6 nitrogen and oxygen atoms in total. The number of likely N-dealkylation sites (N-methyl/N-ethyl adjacent to an activating group) is 1. The lowest BCUT2D eigenvalue weighted by Gasteiger charge is -2.55. The maximum atomic E-state index is 12.8. The Morgan fingerprint density at radius 1 is 1.09 bits per heavy atom. The molecule has 0 aromatic carbocycles. The van der Waals surface area contributed by atoms with Crippen LogP contribution in [0.3, 0.4) is 0 Å². The summed E-state index contributed by atoms with van der Waals surface area (Å²) in [6, 6.07) is -0.722. The zero-order valence-electron chi connectivity index (χ0n) is 13.9. The maximum Gasteiger partial charge on any atom is 0.328 e. The molecule has 4 aliphatic rings. The van der Waals surface area contributed by atoms with Crippen LogP contribution in [0.4, 0.5) is 0 Å². The Kier molecular flexibility index (Phi) is 4.34. The average molecular weight is 322 g/mol. The van der Waals surface area contributed by atoms with Crippen molar-refractivity contribution in [1.82, 2.24) is 10.6 Å². The number of nitrogens with one attached hydrogen (secondary N) is 2. The predicted molar refractivity (Wildman–Crippen MR) is 83.2 cm³/mol.